The van der Waals surface area contributed by atoms with Crippen LogP contribution in [0.4, 0.5) is 0 Å². The summed E-state index contributed by atoms with van der Waals surface area (Å²) < 4.78 is 0.734. The van der Waals surface area contributed by atoms with Crippen molar-refractivity contribution in [2.75, 3.05) is 0 Å². The van der Waals surface area contributed by atoms with E-state index in [9.17, 15) is 0 Å². The average Bonchev–Trinajstić information content (AvgIpc) is 3.20. The summed E-state index contributed by atoms with van der Waals surface area (Å²) in [4.78, 5) is 0. The van der Waals surface area contributed by atoms with Crippen molar-refractivity contribution in [2.45, 2.75) is 93.2 Å². The molecule has 0 aliphatic heterocycles. The summed E-state index contributed by atoms with van der Waals surface area (Å²) in [6, 6.07) is 10.1. The topological polar surface area (TPSA) is 0 Å². The maximum absolute atomic E-state index is 2.61. The minimum absolute atomic E-state index is 0.150. The molecule has 0 saturated carbocycles. The Morgan fingerprint density at radius 1 is 0.833 bits per heavy atom. The number of aryl methyl sites for hydroxylation is 1. The van der Waals surface area contributed by atoms with E-state index in [1.807, 2.05) is 0 Å². The predicted octanol–water partition coefficient (Wildman–Crippen LogP) is 8.61. The van der Waals surface area contributed by atoms with Gasteiger partial charge in [-0.2, -0.15) is 0 Å². The number of hydrogen-bond donors (Lipinski definition) is 0. The Hall–Kier alpha value is -1.11. The first-order valence-corrected chi connectivity index (χ1v) is 15.7. The van der Waals surface area contributed by atoms with Gasteiger partial charge >= 0.3 is 192 Å². The van der Waals surface area contributed by atoms with E-state index in [1.165, 1.54) is 36.0 Å². The van der Waals surface area contributed by atoms with Crippen LogP contribution in [0.15, 0.2) is 29.8 Å². The number of rotatable bonds is 2. The van der Waals surface area contributed by atoms with Crippen LogP contribution in [-0.4, -0.2) is 0 Å². The molecule has 2 aromatic carbocycles. The number of allylic oxidation sites excluding steroid dienone is 1. The van der Waals surface area contributed by atoms with Crippen LogP contribution in [0.1, 0.15) is 92.5 Å². The van der Waals surface area contributed by atoms with Gasteiger partial charge in [0.2, 0.25) is 0 Å². The molecule has 1 heteroatoms. The van der Waals surface area contributed by atoms with Gasteiger partial charge in [-0.25, -0.2) is 0 Å². The van der Waals surface area contributed by atoms with Crippen LogP contribution in [-0.2, 0) is 41.5 Å². The molecular formula is C29H39Ti. The predicted molar refractivity (Wildman–Crippen MR) is 129 cm³/mol. The zero-order chi connectivity index (χ0) is 22.0. The monoisotopic (exact) mass is 435 g/mol. The molecule has 0 bridgehead atoms. The molecule has 0 heterocycles. The van der Waals surface area contributed by atoms with Crippen LogP contribution in [0.25, 0.3) is 17.2 Å². The average molecular weight is 435 g/mol. The molecule has 30 heavy (non-hydrogen) atoms. The van der Waals surface area contributed by atoms with Gasteiger partial charge < -0.3 is 0 Å². The van der Waals surface area contributed by atoms with Crippen molar-refractivity contribution < 1.29 is 17.9 Å². The van der Waals surface area contributed by atoms with Gasteiger partial charge in [0, 0.05) is 0 Å². The molecule has 1 atom stereocenters. The van der Waals surface area contributed by atoms with Gasteiger partial charge in [-0.05, 0) is 0 Å². The van der Waals surface area contributed by atoms with E-state index in [1.54, 1.807) is 33.4 Å². The standard InChI is InChI=1S/C27H33.2CH3.Ti/c1-17-11-19-13-18-9-8-10-23(18)25(24(19)12-17)20-14-21(26(2,3)4)16-22(15-20)27(5,6)7;;;/h11-16H,8-10H2,1-7H3;2*1H3;. The van der Waals surface area contributed by atoms with Crippen LogP contribution in [0.5, 0.6) is 0 Å². The van der Waals surface area contributed by atoms with Gasteiger partial charge in [-0.3, -0.25) is 0 Å². The van der Waals surface area contributed by atoms with E-state index in [0.717, 1.165) is 4.22 Å². The molecule has 0 N–H and O–H groups in total. The fourth-order valence-corrected chi connectivity index (χ4v) is 8.37. The van der Waals surface area contributed by atoms with Crippen molar-refractivity contribution in [1.29, 1.82) is 0 Å². The summed E-state index contributed by atoms with van der Waals surface area (Å²) in [5, 5.41) is 5.09. The maximum atomic E-state index is 2.61. The number of benzene rings is 2. The Bertz CT molecular complexity index is 990. The van der Waals surface area contributed by atoms with Crippen molar-refractivity contribution in [3.05, 3.63) is 63.2 Å². The second kappa shape index (κ2) is 7.49. The second-order valence-electron chi connectivity index (χ2n) is 11.9. The SMILES string of the molecule is CC1=Cc2c(cc3c(c2-c2cc(C(C)(C)C)cc(C(C)(C)C)c2)CCC3)[CH]1[Ti]([CH3])[CH3]. The van der Waals surface area contributed by atoms with Gasteiger partial charge in [0.25, 0.3) is 0 Å². The van der Waals surface area contributed by atoms with E-state index < -0.39 is 17.9 Å². The Morgan fingerprint density at radius 3 is 1.97 bits per heavy atom. The van der Waals surface area contributed by atoms with Crippen LogP contribution in [0, 0.1) is 0 Å². The molecule has 0 aromatic heterocycles. The van der Waals surface area contributed by atoms with Gasteiger partial charge in [0.1, 0.15) is 0 Å². The third-order valence-electron chi connectivity index (χ3n) is 7.14. The van der Waals surface area contributed by atoms with Gasteiger partial charge in [-0.15, -0.1) is 0 Å². The molecule has 0 amide bonds. The molecule has 2 aliphatic rings. The zero-order valence-electron chi connectivity index (χ0n) is 20.6. The molecule has 2 aliphatic carbocycles. The quantitative estimate of drug-likeness (QED) is 0.414. The van der Waals surface area contributed by atoms with Crippen LogP contribution < -0.4 is 0 Å². The summed E-state index contributed by atoms with van der Waals surface area (Å²) in [5.74, 6) is 0. The van der Waals surface area contributed by atoms with Crippen molar-refractivity contribution in [1.82, 2.24) is 0 Å². The molecule has 2 aromatic rings. The van der Waals surface area contributed by atoms with E-state index in [2.05, 4.69) is 89.3 Å². The van der Waals surface area contributed by atoms with Crippen molar-refractivity contribution >= 4 is 6.08 Å². The summed E-state index contributed by atoms with van der Waals surface area (Å²) in [7, 11) is 0. The Balaban J connectivity index is 2.04. The van der Waals surface area contributed by atoms with Gasteiger partial charge in [0.15, 0.2) is 0 Å². The van der Waals surface area contributed by atoms with E-state index in [-0.39, 0.29) is 10.8 Å². The zero-order valence-corrected chi connectivity index (χ0v) is 22.1. The third kappa shape index (κ3) is 3.80. The summed E-state index contributed by atoms with van der Waals surface area (Å²) in [6.45, 7) is 16.5. The number of fused-ring (bicyclic) bond motifs is 2. The first-order chi connectivity index (χ1) is 13.9. The Morgan fingerprint density at radius 2 is 1.43 bits per heavy atom. The fraction of sp³-hybridized carbons (Fsp3) is 0.517. The molecule has 1 unspecified atom stereocenters. The normalized spacial score (nSPS) is 18.3. The second-order valence-corrected chi connectivity index (χ2v) is 16.2. The van der Waals surface area contributed by atoms with Crippen molar-refractivity contribution in [3.63, 3.8) is 0 Å². The fourth-order valence-electron chi connectivity index (χ4n) is 5.47. The first-order valence-electron chi connectivity index (χ1n) is 11.7. The first kappa shape index (κ1) is 22.1. The van der Waals surface area contributed by atoms with E-state index in [4.69, 9.17) is 0 Å². The molecule has 0 spiro atoms. The van der Waals surface area contributed by atoms with Gasteiger partial charge in [-0.1, -0.05) is 0 Å². The summed E-state index contributed by atoms with van der Waals surface area (Å²) in [5.41, 5.74) is 14.3. The summed E-state index contributed by atoms with van der Waals surface area (Å²) in [6.07, 6.45) is 6.36. The molecule has 0 radical (unpaired) electrons. The minimum atomic E-state index is -1.09. The molecule has 0 nitrogen and oxygen atoms in total. The van der Waals surface area contributed by atoms with E-state index in [0.29, 0.717) is 0 Å². The Kier molecular flexibility index (Phi) is 5.52. The molecule has 0 fully saturated rings. The molecule has 159 valence electrons. The van der Waals surface area contributed by atoms with E-state index >= 15 is 0 Å². The van der Waals surface area contributed by atoms with Crippen molar-refractivity contribution in [3.8, 4) is 11.1 Å². The third-order valence-corrected chi connectivity index (χ3v) is 10.1. The molecule has 0 saturated heterocycles. The molecular weight excluding hydrogens is 396 g/mol. The number of hydrogen-bond acceptors (Lipinski definition) is 0. The van der Waals surface area contributed by atoms with Crippen LogP contribution in [0.2, 0.25) is 10.5 Å². The van der Waals surface area contributed by atoms with Crippen LogP contribution in [0.3, 0.4) is 0 Å². The van der Waals surface area contributed by atoms with Gasteiger partial charge in [0.05, 0.1) is 0 Å². The van der Waals surface area contributed by atoms with Crippen molar-refractivity contribution in [2.24, 2.45) is 0 Å². The summed E-state index contributed by atoms with van der Waals surface area (Å²) >= 11 is -1.09. The molecule has 4 rings (SSSR count). The van der Waals surface area contributed by atoms with Crippen LogP contribution >= 0.6 is 0 Å². The Labute approximate surface area is 191 Å².